The predicted molar refractivity (Wildman–Crippen MR) is 84.5 cm³/mol. The Morgan fingerprint density at radius 2 is 1.95 bits per heavy atom. The number of aromatic nitrogens is 1. The largest absolute Gasteiger partial charge is 0.350 e. The van der Waals surface area contributed by atoms with Gasteiger partial charge in [0, 0.05) is 29.5 Å². The number of nitrogens with zero attached hydrogens (tertiary/aromatic N) is 1. The van der Waals surface area contributed by atoms with Crippen molar-refractivity contribution in [2.24, 2.45) is 0 Å². The van der Waals surface area contributed by atoms with Gasteiger partial charge in [-0.1, -0.05) is 17.7 Å². The van der Waals surface area contributed by atoms with Gasteiger partial charge in [0.05, 0.1) is 0 Å². The summed E-state index contributed by atoms with van der Waals surface area (Å²) in [5.41, 5.74) is 1.35. The number of pyridine rings is 1. The zero-order valence-electron chi connectivity index (χ0n) is 12.0. The van der Waals surface area contributed by atoms with E-state index in [0.717, 1.165) is 5.56 Å². The molecule has 0 saturated carbocycles. The number of carbonyl (C=O) groups is 2. The minimum absolute atomic E-state index is 0.258. The molecule has 0 saturated heterocycles. The van der Waals surface area contributed by atoms with Crippen LogP contribution in [0.5, 0.6) is 0 Å². The molecule has 2 aromatic rings. The molecule has 0 unspecified atom stereocenters. The van der Waals surface area contributed by atoms with Gasteiger partial charge in [-0.2, -0.15) is 0 Å². The maximum Gasteiger partial charge on any atom is 0.251 e. The summed E-state index contributed by atoms with van der Waals surface area (Å²) in [6.45, 7) is 2.00. The lowest BCUT2D eigenvalue weighted by Crippen LogP contribution is -2.44. The van der Waals surface area contributed by atoms with Gasteiger partial charge in [0.15, 0.2) is 0 Å². The molecule has 114 valence electrons. The molecule has 1 aromatic carbocycles. The van der Waals surface area contributed by atoms with E-state index in [-0.39, 0.29) is 11.8 Å². The zero-order chi connectivity index (χ0) is 15.9. The standard InChI is InChI=1S/C16H16ClN3O2/c1-11(15(21)19-10-12-3-2-8-18-9-12)20-16(22)13-4-6-14(17)7-5-13/h2-9,11H,10H2,1H3,(H,19,21)(H,20,22)/t11-/m1/s1. The molecular formula is C16H16ClN3O2. The Bertz CT molecular complexity index is 644. The van der Waals surface area contributed by atoms with Crippen LogP contribution in [0, 0.1) is 0 Å². The highest BCUT2D eigenvalue weighted by molar-refractivity contribution is 6.30. The molecule has 1 atom stereocenters. The number of benzene rings is 1. The lowest BCUT2D eigenvalue weighted by atomic mass is 10.2. The second-order valence-electron chi connectivity index (χ2n) is 4.78. The van der Waals surface area contributed by atoms with Crippen LogP contribution in [0.25, 0.3) is 0 Å². The van der Waals surface area contributed by atoms with E-state index in [1.807, 2.05) is 6.07 Å². The molecule has 0 aliphatic rings. The fourth-order valence-corrected chi connectivity index (χ4v) is 1.92. The van der Waals surface area contributed by atoms with E-state index < -0.39 is 6.04 Å². The van der Waals surface area contributed by atoms with Crippen molar-refractivity contribution >= 4 is 23.4 Å². The normalized spacial score (nSPS) is 11.5. The molecule has 2 rings (SSSR count). The van der Waals surface area contributed by atoms with E-state index >= 15 is 0 Å². The van der Waals surface area contributed by atoms with Crippen molar-refractivity contribution in [3.05, 3.63) is 64.9 Å². The van der Waals surface area contributed by atoms with Crippen molar-refractivity contribution in [2.45, 2.75) is 19.5 Å². The van der Waals surface area contributed by atoms with Gasteiger partial charge in [-0.25, -0.2) is 0 Å². The summed E-state index contributed by atoms with van der Waals surface area (Å²) in [7, 11) is 0. The summed E-state index contributed by atoms with van der Waals surface area (Å²) in [5, 5.41) is 5.95. The van der Waals surface area contributed by atoms with Gasteiger partial charge in [0.2, 0.25) is 5.91 Å². The van der Waals surface area contributed by atoms with Gasteiger partial charge < -0.3 is 10.6 Å². The molecule has 1 aromatic heterocycles. The number of halogens is 1. The molecule has 0 bridgehead atoms. The third-order valence-corrected chi connectivity index (χ3v) is 3.29. The van der Waals surface area contributed by atoms with Crippen molar-refractivity contribution < 1.29 is 9.59 Å². The molecule has 2 amide bonds. The summed E-state index contributed by atoms with van der Waals surface area (Å²) in [6.07, 6.45) is 3.34. The monoisotopic (exact) mass is 317 g/mol. The highest BCUT2D eigenvalue weighted by Gasteiger charge is 2.16. The fraction of sp³-hybridized carbons (Fsp3) is 0.188. The number of hydrogen-bond acceptors (Lipinski definition) is 3. The predicted octanol–water partition coefficient (Wildman–Crippen LogP) is 2.17. The molecule has 1 heterocycles. The molecule has 22 heavy (non-hydrogen) atoms. The molecule has 6 heteroatoms. The maximum absolute atomic E-state index is 12.0. The number of nitrogens with one attached hydrogen (secondary N) is 2. The molecule has 0 aliphatic heterocycles. The lowest BCUT2D eigenvalue weighted by Gasteiger charge is -2.14. The lowest BCUT2D eigenvalue weighted by molar-refractivity contribution is -0.122. The summed E-state index contributed by atoms with van der Waals surface area (Å²) in [4.78, 5) is 27.9. The highest BCUT2D eigenvalue weighted by Crippen LogP contribution is 2.09. The molecule has 0 radical (unpaired) electrons. The Kier molecular flexibility index (Phi) is 5.49. The molecule has 2 N–H and O–H groups in total. The van der Waals surface area contributed by atoms with Crippen molar-refractivity contribution in [1.29, 1.82) is 0 Å². The third kappa shape index (κ3) is 4.56. The topological polar surface area (TPSA) is 71.1 Å². The smallest absolute Gasteiger partial charge is 0.251 e. The SMILES string of the molecule is C[C@@H](NC(=O)c1ccc(Cl)cc1)C(=O)NCc1cccnc1. The number of hydrogen-bond donors (Lipinski definition) is 2. The number of rotatable bonds is 5. The summed E-state index contributed by atoms with van der Waals surface area (Å²) in [5.74, 6) is -0.577. The van der Waals surface area contributed by atoms with Gasteiger partial charge >= 0.3 is 0 Å². The second kappa shape index (κ2) is 7.56. The van der Waals surface area contributed by atoms with E-state index in [2.05, 4.69) is 15.6 Å². The van der Waals surface area contributed by atoms with Gasteiger partial charge in [0.1, 0.15) is 6.04 Å². The molecule has 0 spiro atoms. The molecule has 5 nitrogen and oxygen atoms in total. The first-order chi connectivity index (χ1) is 10.6. The zero-order valence-corrected chi connectivity index (χ0v) is 12.8. The summed E-state index contributed by atoms with van der Waals surface area (Å²) in [6, 6.07) is 9.50. The first kappa shape index (κ1) is 16.0. The first-order valence-electron chi connectivity index (χ1n) is 6.79. The third-order valence-electron chi connectivity index (χ3n) is 3.04. The van der Waals surface area contributed by atoms with E-state index in [1.54, 1.807) is 49.6 Å². The van der Waals surface area contributed by atoms with Gasteiger partial charge in [-0.3, -0.25) is 14.6 Å². The van der Waals surface area contributed by atoms with Crippen LogP contribution >= 0.6 is 11.6 Å². The fourth-order valence-electron chi connectivity index (χ4n) is 1.79. The van der Waals surface area contributed by atoms with Crippen LogP contribution in [0.2, 0.25) is 5.02 Å². The van der Waals surface area contributed by atoms with E-state index in [1.165, 1.54) is 0 Å². The van der Waals surface area contributed by atoms with E-state index in [4.69, 9.17) is 11.6 Å². The highest BCUT2D eigenvalue weighted by atomic mass is 35.5. The van der Waals surface area contributed by atoms with Crippen molar-refractivity contribution in [3.63, 3.8) is 0 Å². The average Bonchev–Trinajstić information content (AvgIpc) is 2.54. The summed E-state index contributed by atoms with van der Waals surface area (Å²) < 4.78 is 0. The van der Waals surface area contributed by atoms with E-state index in [0.29, 0.717) is 17.1 Å². The Labute approximate surface area is 133 Å². The Balaban J connectivity index is 1.85. The van der Waals surface area contributed by atoms with Crippen LogP contribution in [0.3, 0.4) is 0 Å². The first-order valence-corrected chi connectivity index (χ1v) is 7.17. The quantitative estimate of drug-likeness (QED) is 0.888. The van der Waals surface area contributed by atoms with Crippen LogP contribution in [-0.2, 0) is 11.3 Å². The van der Waals surface area contributed by atoms with Crippen LogP contribution in [0.4, 0.5) is 0 Å². The van der Waals surface area contributed by atoms with Gasteiger partial charge in [0.25, 0.3) is 5.91 Å². The molecule has 0 aliphatic carbocycles. The summed E-state index contributed by atoms with van der Waals surface area (Å²) >= 11 is 5.77. The maximum atomic E-state index is 12.0. The number of amides is 2. The molecule has 0 fully saturated rings. The average molecular weight is 318 g/mol. The van der Waals surface area contributed by atoms with Gasteiger partial charge in [-0.05, 0) is 42.8 Å². The van der Waals surface area contributed by atoms with Crippen LogP contribution < -0.4 is 10.6 Å². The van der Waals surface area contributed by atoms with Crippen LogP contribution in [0.15, 0.2) is 48.8 Å². The van der Waals surface area contributed by atoms with Gasteiger partial charge in [-0.15, -0.1) is 0 Å². The van der Waals surface area contributed by atoms with E-state index in [9.17, 15) is 9.59 Å². The second-order valence-corrected chi connectivity index (χ2v) is 5.22. The van der Waals surface area contributed by atoms with Crippen molar-refractivity contribution in [3.8, 4) is 0 Å². The minimum atomic E-state index is -0.639. The van der Waals surface area contributed by atoms with Crippen LogP contribution in [0.1, 0.15) is 22.8 Å². The minimum Gasteiger partial charge on any atom is -0.350 e. The van der Waals surface area contributed by atoms with Crippen molar-refractivity contribution in [1.82, 2.24) is 15.6 Å². The van der Waals surface area contributed by atoms with Crippen LogP contribution in [-0.4, -0.2) is 22.8 Å². The van der Waals surface area contributed by atoms with Crippen molar-refractivity contribution in [2.75, 3.05) is 0 Å². The Morgan fingerprint density at radius 3 is 2.59 bits per heavy atom. The number of carbonyl (C=O) groups excluding carboxylic acids is 2. The Morgan fingerprint density at radius 1 is 1.23 bits per heavy atom. The molecular weight excluding hydrogens is 302 g/mol. The Hall–Kier alpha value is -2.40.